The van der Waals surface area contributed by atoms with Gasteiger partial charge < -0.3 is 16.3 Å². The molecular formula is C9H14ClNO3. The van der Waals surface area contributed by atoms with Gasteiger partial charge in [0.25, 0.3) is 0 Å². The van der Waals surface area contributed by atoms with E-state index in [4.69, 9.17) is 10.8 Å². The van der Waals surface area contributed by atoms with Crippen molar-refractivity contribution in [3.8, 4) is 0 Å². The Morgan fingerprint density at radius 2 is 1.86 bits per heavy atom. The second-order valence-electron chi connectivity index (χ2n) is 2.63. The minimum absolute atomic E-state index is 0. The van der Waals surface area contributed by atoms with Crippen molar-refractivity contribution in [2.24, 2.45) is 5.73 Å². The first-order valence-electron chi connectivity index (χ1n) is 3.72. The Kier molecular flexibility index (Phi) is 8.04. The number of carboxylic acid groups (broad SMARTS) is 1. The topological polar surface area (TPSA) is 94.8 Å². The molecule has 0 saturated heterocycles. The highest BCUT2D eigenvalue weighted by atomic mass is 35.5. The average Bonchev–Trinajstić information content (AvgIpc) is 2.06. The first-order chi connectivity index (χ1) is 5.70. The summed E-state index contributed by atoms with van der Waals surface area (Å²) in [6.45, 7) is 0. The highest BCUT2D eigenvalue weighted by molar-refractivity contribution is 5.85. The van der Waals surface area contributed by atoms with Crippen LogP contribution in [0.5, 0.6) is 0 Å². The van der Waals surface area contributed by atoms with Crippen molar-refractivity contribution in [3.63, 3.8) is 0 Å². The summed E-state index contributed by atoms with van der Waals surface area (Å²) in [6.07, 6.45) is 0.385. The number of rotatable bonds is 3. The van der Waals surface area contributed by atoms with Crippen LogP contribution < -0.4 is 5.73 Å². The molecule has 0 radical (unpaired) electrons. The lowest BCUT2D eigenvalue weighted by molar-refractivity contribution is -0.138. The first kappa shape index (κ1) is 15.4. The maximum atomic E-state index is 10.4. The number of hydrogen-bond acceptors (Lipinski definition) is 2. The van der Waals surface area contributed by atoms with Crippen LogP contribution in [0, 0.1) is 0 Å². The zero-order valence-corrected chi connectivity index (χ0v) is 8.33. The standard InChI is InChI=1S/C9H11NO2.ClH.H2O/c10-8(9(11)12)6-7-4-2-1-3-5-7;;/h1-5,8H,6,10H2,(H,11,12);1H;1H2. The predicted molar refractivity (Wildman–Crippen MR) is 56.6 cm³/mol. The van der Waals surface area contributed by atoms with Gasteiger partial charge in [0.2, 0.25) is 0 Å². The Balaban J connectivity index is 0. The van der Waals surface area contributed by atoms with Crippen LogP contribution in [0.1, 0.15) is 5.56 Å². The number of carbonyl (C=O) groups is 1. The smallest absolute Gasteiger partial charge is 0.320 e. The average molecular weight is 220 g/mol. The van der Waals surface area contributed by atoms with Crippen LogP contribution >= 0.6 is 12.4 Å². The minimum atomic E-state index is -0.959. The van der Waals surface area contributed by atoms with Gasteiger partial charge in [-0.1, -0.05) is 30.3 Å². The van der Waals surface area contributed by atoms with E-state index in [1.54, 1.807) is 0 Å². The second-order valence-corrected chi connectivity index (χ2v) is 2.63. The zero-order valence-electron chi connectivity index (χ0n) is 7.51. The molecule has 1 atom stereocenters. The van der Waals surface area contributed by atoms with Crippen LogP contribution in [-0.2, 0) is 11.2 Å². The molecule has 0 amide bonds. The lowest BCUT2D eigenvalue weighted by Crippen LogP contribution is -2.32. The fraction of sp³-hybridized carbons (Fsp3) is 0.222. The number of carboxylic acids is 1. The molecular weight excluding hydrogens is 206 g/mol. The maximum Gasteiger partial charge on any atom is 0.320 e. The summed E-state index contributed by atoms with van der Waals surface area (Å²) in [5, 5.41) is 8.52. The van der Waals surface area contributed by atoms with Gasteiger partial charge in [-0.2, -0.15) is 0 Å². The third kappa shape index (κ3) is 4.81. The Labute approximate surface area is 88.5 Å². The summed E-state index contributed by atoms with van der Waals surface area (Å²) in [7, 11) is 0. The van der Waals surface area contributed by atoms with Gasteiger partial charge in [0.15, 0.2) is 0 Å². The second kappa shape index (κ2) is 7.32. The van der Waals surface area contributed by atoms with Gasteiger partial charge in [0.1, 0.15) is 6.04 Å². The summed E-state index contributed by atoms with van der Waals surface area (Å²) < 4.78 is 0. The van der Waals surface area contributed by atoms with Crippen LogP contribution in [0.15, 0.2) is 30.3 Å². The summed E-state index contributed by atoms with van der Waals surface area (Å²) in [6, 6.07) is 8.54. The molecule has 0 aromatic heterocycles. The van der Waals surface area contributed by atoms with Gasteiger partial charge in [-0.05, 0) is 12.0 Å². The number of nitrogens with two attached hydrogens (primary N) is 1. The molecule has 0 saturated carbocycles. The highest BCUT2D eigenvalue weighted by Crippen LogP contribution is 2.01. The van der Waals surface area contributed by atoms with Crippen molar-refractivity contribution in [3.05, 3.63) is 35.9 Å². The van der Waals surface area contributed by atoms with E-state index >= 15 is 0 Å². The molecule has 0 aliphatic carbocycles. The molecule has 0 aliphatic rings. The summed E-state index contributed by atoms with van der Waals surface area (Å²) >= 11 is 0. The Morgan fingerprint density at radius 3 is 2.29 bits per heavy atom. The highest BCUT2D eigenvalue weighted by Gasteiger charge is 2.10. The van der Waals surface area contributed by atoms with E-state index in [1.165, 1.54) is 0 Å². The van der Waals surface area contributed by atoms with E-state index in [2.05, 4.69) is 0 Å². The number of halogens is 1. The Morgan fingerprint density at radius 1 is 1.36 bits per heavy atom. The van der Waals surface area contributed by atoms with E-state index in [9.17, 15) is 4.79 Å². The summed E-state index contributed by atoms with van der Waals surface area (Å²) in [5.41, 5.74) is 6.30. The van der Waals surface area contributed by atoms with Crippen molar-refractivity contribution in [2.75, 3.05) is 0 Å². The third-order valence-corrected chi connectivity index (χ3v) is 1.62. The van der Waals surface area contributed by atoms with E-state index in [1.807, 2.05) is 30.3 Å². The van der Waals surface area contributed by atoms with Gasteiger partial charge in [0.05, 0.1) is 0 Å². The van der Waals surface area contributed by atoms with Crippen LogP contribution in [0.25, 0.3) is 0 Å². The Bertz CT molecular complexity index is 266. The van der Waals surface area contributed by atoms with Gasteiger partial charge >= 0.3 is 5.97 Å². The Hall–Kier alpha value is -1.10. The van der Waals surface area contributed by atoms with E-state index in [0.29, 0.717) is 6.42 Å². The quantitative estimate of drug-likeness (QED) is 0.762. The lowest BCUT2D eigenvalue weighted by Gasteiger charge is -2.04. The molecule has 0 spiro atoms. The minimum Gasteiger partial charge on any atom is -0.480 e. The van der Waals surface area contributed by atoms with Crippen molar-refractivity contribution in [2.45, 2.75) is 12.5 Å². The van der Waals surface area contributed by atoms with Crippen LogP contribution in [0.2, 0.25) is 0 Å². The fourth-order valence-corrected chi connectivity index (χ4v) is 0.955. The molecule has 1 aromatic rings. The van der Waals surface area contributed by atoms with E-state index < -0.39 is 12.0 Å². The van der Waals surface area contributed by atoms with Crippen LogP contribution in [0.4, 0.5) is 0 Å². The lowest BCUT2D eigenvalue weighted by atomic mass is 10.1. The monoisotopic (exact) mass is 219 g/mol. The molecule has 1 unspecified atom stereocenters. The first-order valence-corrected chi connectivity index (χ1v) is 3.72. The largest absolute Gasteiger partial charge is 0.480 e. The van der Waals surface area contributed by atoms with Crippen molar-refractivity contribution in [1.29, 1.82) is 0 Å². The van der Waals surface area contributed by atoms with E-state index in [-0.39, 0.29) is 17.9 Å². The van der Waals surface area contributed by atoms with Crippen molar-refractivity contribution >= 4 is 18.4 Å². The summed E-state index contributed by atoms with van der Waals surface area (Å²) in [5.74, 6) is -0.959. The van der Waals surface area contributed by atoms with Gasteiger partial charge in [0, 0.05) is 0 Å². The van der Waals surface area contributed by atoms with Crippen LogP contribution in [0.3, 0.4) is 0 Å². The SMILES string of the molecule is Cl.NC(Cc1ccccc1)C(=O)O.O. The number of hydrogen-bond donors (Lipinski definition) is 2. The predicted octanol–water partition coefficient (Wildman–Crippen LogP) is 0.238. The molecule has 0 bridgehead atoms. The van der Waals surface area contributed by atoms with Crippen molar-refractivity contribution < 1.29 is 15.4 Å². The maximum absolute atomic E-state index is 10.4. The molecule has 5 heteroatoms. The van der Waals surface area contributed by atoms with E-state index in [0.717, 1.165) is 5.56 Å². The number of aliphatic carboxylic acids is 1. The van der Waals surface area contributed by atoms with Crippen LogP contribution in [-0.4, -0.2) is 22.6 Å². The van der Waals surface area contributed by atoms with Gasteiger partial charge in [-0.25, -0.2) is 0 Å². The molecule has 1 rings (SSSR count). The van der Waals surface area contributed by atoms with Crippen molar-refractivity contribution in [1.82, 2.24) is 0 Å². The molecule has 4 nitrogen and oxygen atoms in total. The normalized spacial score (nSPS) is 10.6. The van der Waals surface area contributed by atoms with Gasteiger partial charge in [-0.15, -0.1) is 12.4 Å². The fourth-order valence-electron chi connectivity index (χ4n) is 0.955. The summed E-state index contributed by atoms with van der Waals surface area (Å²) in [4.78, 5) is 10.4. The molecule has 0 aliphatic heterocycles. The molecule has 80 valence electrons. The van der Waals surface area contributed by atoms with Gasteiger partial charge in [-0.3, -0.25) is 4.79 Å². The number of benzene rings is 1. The molecule has 14 heavy (non-hydrogen) atoms. The molecule has 1 aromatic carbocycles. The third-order valence-electron chi connectivity index (χ3n) is 1.62. The molecule has 5 N–H and O–H groups in total. The zero-order chi connectivity index (χ0) is 8.97. The molecule has 0 fully saturated rings. The molecule has 0 heterocycles.